The number of allylic oxidation sites excluding steroid dienone is 2. The summed E-state index contributed by atoms with van der Waals surface area (Å²) in [6.07, 6.45) is -2.39. The fourth-order valence-electron chi connectivity index (χ4n) is 4.16. The molecule has 0 unspecified atom stereocenters. The lowest BCUT2D eigenvalue weighted by atomic mass is 9.94. The van der Waals surface area contributed by atoms with E-state index in [2.05, 4.69) is 5.32 Å². The Bertz CT molecular complexity index is 1230. The standard InChI is InChI=1S/C27H23F4NO2/c1-17(33)32-22-5-2-4-19(14-22)23-6-3-7-24(23)25-15-20(27(29,30)31)10-13-26(25)34-16-18-8-11-21(28)12-9-18/h2,4-5,8-15H,3,6-7,16H2,1H3,(H,32,33). The zero-order valence-electron chi connectivity index (χ0n) is 18.5. The maximum atomic E-state index is 13.5. The van der Waals surface area contributed by atoms with Gasteiger partial charge in [0.1, 0.15) is 18.2 Å². The number of alkyl halides is 3. The molecule has 0 heterocycles. The van der Waals surface area contributed by atoms with Crippen molar-refractivity contribution in [2.75, 3.05) is 5.32 Å². The molecular weight excluding hydrogens is 446 g/mol. The third-order valence-corrected chi connectivity index (χ3v) is 5.69. The van der Waals surface area contributed by atoms with E-state index in [9.17, 15) is 22.4 Å². The van der Waals surface area contributed by atoms with Gasteiger partial charge in [-0.25, -0.2) is 4.39 Å². The van der Waals surface area contributed by atoms with Gasteiger partial charge in [0.25, 0.3) is 0 Å². The Morgan fingerprint density at radius 1 is 0.971 bits per heavy atom. The first-order chi connectivity index (χ1) is 16.2. The molecule has 1 aliphatic rings. The van der Waals surface area contributed by atoms with Crippen molar-refractivity contribution in [3.63, 3.8) is 0 Å². The van der Waals surface area contributed by atoms with Crippen LogP contribution in [0.2, 0.25) is 0 Å². The highest BCUT2D eigenvalue weighted by Gasteiger charge is 2.32. The van der Waals surface area contributed by atoms with Crippen LogP contribution in [0, 0.1) is 5.82 Å². The summed E-state index contributed by atoms with van der Waals surface area (Å²) < 4.78 is 59.7. The van der Waals surface area contributed by atoms with Gasteiger partial charge in [-0.3, -0.25) is 4.79 Å². The van der Waals surface area contributed by atoms with Gasteiger partial charge in [0.05, 0.1) is 5.56 Å². The van der Waals surface area contributed by atoms with Gasteiger partial charge in [-0.05, 0) is 84.0 Å². The summed E-state index contributed by atoms with van der Waals surface area (Å²) in [5, 5.41) is 2.74. The van der Waals surface area contributed by atoms with Gasteiger partial charge >= 0.3 is 6.18 Å². The van der Waals surface area contributed by atoms with E-state index in [-0.39, 0.29) is 18.3 Å². The lowest BCUT2D eigenvalue weighted by Crippen LogP contribution is -2.07. The molecule has 0 saturated carbocycles. The van der Waals surface area contributed by atoms with Gasteiger partial charge in [0, 0.05) is 18.2 Å². The van der Waals surface area contributed by atoms with E-state index in [1.54, 1.807) is 18.2 Å². The maximum Gasteiger partial charge on any atom is 0.416 e. The van der Waals surface area contributed by atoms with E-state index in [0.717, 1.165) is 35.3 Å². The van der Waals surface area contributed by atoms with E-state index in [1.165, 1.54) is 25.1 Å². The number of hydrogen-bond acceptors (Lipinski definition) is 2. The van der Waals surface area contributed by atoms with Crippen LogP contribution in [0.4, 0.5) is 23.2 Å². The number of benzene rings is 3. The number of ether oxygens (including phenoxy) is 1. The first-order valence-corrected chi connectivity index (χ1v) is 10.9. The maximum absolute atomic E-state index is 13.5. The molecule has 1 N–H and O–H groups in total. The molecular formula is C27H23F4NO2. The first-order valence-electron chi connectivity index (χ1n) is 10.9. The molecule has 3 aromatic rings. The molecule has 3 aromatic carbocycles. The molecule has 0 fully saturated rings. The Labute approximate surface area is 195 Å². The third-order valence-electron chi connectivity index (χ3n) is 5.69. The second-order valence-electron chi connectivity index (χ2n) is 8.20. The monoisotopic (exact) mass is 469 g/mol. The van der Waals surface area contributed by atoms with Crippen molar-refractivity contribution in [3.05, 3.63) is 94.8 Å². The van der Waals surface area contributed by atoms with Crippen LogP contribution in [0.25, 0.3) is 11.1 Å². The Balaban J connectivity index is 1.75. The number of anilines is 1. The summed E-state index contributed by atoms with van der Waals surface area (Å²) in [4.78, 5) is 11.4. The molecule has 0 spiro atoms. The number of carbonyl (C=O) groups excluding carboxylic acids is 1. The fraction of sp³-hybridized carbons (Fsp3) is 0.222. The molecule has 0 radical (unpaired) electrons. The van der Waals surface area contributed by atoms with Crippen LogP contribution >= 0.6 is 0 Å². The topological polar surface area (TPSA) is 38.3 Å². The van der Waals surface area contributed by atoms with Crippen LogP contribution in [0.15, 0.2) is 66.7 Å². The van der Waals surface area contributed by atoms with Crippen molar-refractivity contribution < 1.29 is 27.1 Å². The molecule has 176 valence electrons. The normalized spacial score (nSPS) is 13.8. The fourth-order valence-corrected chi connectivity index (χ4v) is 4.16. The van der Waals surface area contributed by atoms with E-state index < -0.39 is 11.7 Å². The molecule has 0 aliphatic heterocycles. The molecule has 1 amide bonds. The smallest absolute Gasteiger partial charge is 0.416 e. The zero-order valence-corrected chi connectivity index (χ0v) is 18.5. The van der Waals surface area contributed by atoms with Crippen molar-refractivity contribution in [1.82, 2.24) is 0 Å². The molecule has 34 heavy (non-hydrogen) atoms. The van der Waals surface area contributed by atoms with Crippen molar-refractivity contribution in [3.8, 4) is 5.75 Å². The molecule has 0 atom stereocenters. The Morgan fingerprint density at radius 2 is 1.71 bits per heavy atom. The minimum atomic E-state index is -4.49. The van der Waals surface area contributed by atoms with E-state index in [1.807, 2.05) is 18.2 Å². The highest BCUT2D eigenvalue weighted by molar-refractivity contribution is 5.96. The van der Waals surface area contributed by atoms with Gasteiger partial charge in [-0.15, -0.1) is 0 Å². The van der Waals surface area contributed by atoms with Crippen molar-refractivity contribution >= 4 is 22.7 Å². The minimum Gasteiger partial charge on any atom is -0.488 e. The predicted octanol–water partition coefficient (Wildman–Crippen LogP) is 7.48. The number of carbonyl (C=O) groups is 1. The van der Waals surface area contributed by atoms with Gasteiger partial charge < -0.3 is 10.1 Å². The summed E-state index contributed by atoms with van der Waals surface area (Å²) >= 11 is 0. The highest BCUT2D eigenvalue weighted by Crippen LogP contribution is 2.45. The summed E-state index contributed by atoms with van der Waals surface area (Å²) in [5.74, 6) is -0.238. The molecule has 7 heteroatoms. The largest absolute Gasteiger partial charge is 0.488 e. The lowest BCUT2D eigenvalue weighted by Gasteiger charge is -2.17. The van der Waals surface area contributed by atoms with Gasteiger partial charge in [-0.1, -0.05) is 24.3 Å². The van der Waals surface area contributed by atoms with E-state index >= 15 is 0 Å². The molecule has 3 nitrogen and oxygen atoms in total. The highest BCUT2D eigenvalue weighted by atomic mass is 19.4. The molecule has 0 saturated heterocycles. The SMILES string of the molecule is CC(=O)Nc1cccc(C2=C(c3cc(C(F)(F)F)ccc3OCc3ccc(F)cc3)CCC2)c1. The zero-order chi connectivity index (χ0) is 24.3. The minimum absolute atomic E-state index is 0.0965. The lowest BCUT2D eigenvalue weighted by molar-refractivity contribution is -0.137. The predicted molar refractivity (Wildman–Crippen MR) is 124 cm³/mol. The van der Waals surface area contributed by atoms with Crippen molar-refractivity contribution in [1.29, 1.82) is 0 Å². The molecule has 4 rings (SSSR count). The van der Waals surface area contributed by atoms with E-state index in [0.29, 0.717) is 35.4 Å². The third kappa shape index (κ3) is 5.47. The number of amides is 1. The van der Waals surface area contributed by atoms with Crippen LogP contribution in [0.1, 0.15) is 48.4 Å². The van der Waals surface area contributed by atoms with Crippen molar-refractivity contribution in [2.24, 2.45) is 0 Å². The first kappa shape index (κ1) is 23.5. The van der Waals surface area contributed by atoms with Crippen LogP contribution < -0.4 is 10.1 Å². The number of nitrogens with one attached hydrogen (secondary N) is 1. The number of rotatable bonds is 6. The van der Waals surface area contributed by atoms with Crippen LogP contribution in [-0.4, -0.2) is 5.91 Å². The molecule has 1 aliphatic carbocycles. The quantitative estimate of drug-likeness (QED) is 0.380. The summed E-state index contributed by atoms with van der Waals surface area (Å²) in [5.41, 5.74) is 3.55. The summed E-state index contributed by atoms with van der Waals surface area (Å²) in [6.45, 7) is 1.51. The molecule has 0 bridgehead atoms. The Hall–Kier alpha value is -3.61. The Kier molecular flexibility index (Phi) is 6.72. The second-order valence-corrected chi connectivity index (χ2v) is 8.20. The number of halogens is 4. The van der Waals surface area contributed by atoms with Gasteiger partial charge in [0.15, 0.2) is 0 Å². The van der Waals surface area contributed by atoms with E-state index in [4.69, 9.17) is 4.74 Å². The number of hydrogen-bond donors (Lipinski definition) is 1. The summed E-state index contributed by atoms with van der Waals surface area (Å²) in [7, 11) is 0. The van der Waals surface area contributed by atoms with Crippen LogP contribution in [-0.2, 0) is 17.6 Å². The average Bonchev–Trinajstić information content (AvgIpc) is 3.27. The van der Waals surface area contributed by atoms with Gasteiger partial charge in [0.2, 0.25) is 5.91 Å². The Morgan fingerprint density at radius 3 is 2.41 bits per heavy atom. The van der Waals surface area contributed by atoms with Crippen LogP contribution in [0.5, 0.6) is 5.75 Å². The molecule has 0 aromatic heterocycles. The average molecular weight is 469 g/mol. The van der Waals surface area contributed by atoms with Crippen molar-refractivity contribution in [2.45, 2.75) is 39.0 Å². The second kappa shape index (κ2) is 9.71. The van der Waals surface area contributed by atoms with Gasteiger partial charge in [-0.2, -0.15) is 13.2 Å². The van der Waals surface area contributed by atoms with Crippen LogP contribution in [0.3, 0.4) is 0 Å². The summed E-state index contributed by atoms with van der Waals surface area (Å²) in [6, 6.07) is 16.6.